The van der Waals surface area contributed by atoms with E-state index < -0.39 is 0 Å². The third kappa shape index (κ3) is 5.28. The van der Waals surface area contributed by atoms with Gasteiger partial charge >= 0.3 is 5.97 Å². The summed E-state index contributed by atoms with van der Waals surface area (Å²) in [5, 5.41) is 6.57. The van der Waals surface area contributed by atoms with E-state index in [0.29, 0.717) is 12.5 Å². The lowest BCUT2D eigenvalue weighted by Gasteiger charge is -2.21. The number of aromatic nitrogens is 1. The standard InChI is InChI=1S/C25H32ClN3O2S/c26-17-12-16-13-22(29-24(16)21(14-17)27-18-6-4-5-7-18)25-28-19(15-32-25)10-11-23(30)31-20-8-2-1-3-9-20/h12-14,18-20,27,29H,1-11,15H2/t19-/m1/s1. The molecular formula is C25H32ClN3O2S. The Morgan fingerprint density at radius 2 is 1.91 bits per heavy atom. The number of thioether (sulfide) groups is 1. The first-order valence-corrected chi connectivity index (χ1v) is 13.5. The average Bonchev–Trinajstić information content (AvgIpc) is 3.53. The quantitative estimate of drug-likeness (QED) is 0.439. The van der Waals surface area contributed by atoms with Gasteiger partial charge in [0.15, 0.2) is 0 Å². The van der Waals surface area contributed by atoms with Gasteiger partial charge in [-0.15, -0.1) is 11.8 Å². The summed E-state index contributed by atoms with van der Waals surface area (Å²) < 4.78 is 5.66. The van der Waals surface area contributed by atoms with Crippen molar-refractivity contribution in [1.29, 1.82) is 0 Å². The minimum absolute atomic E-state index is 0.0616. The van der Waals surface area contributed by atoms with Crippen molar-refractivity contribution in [3.05, 3.63) is 28.9 Å². The SMILES string of the molecule is O=C(CC[C@@H]1CSC(c2cc3cc(Cl)cc(NC4CCCC4)c3[nH]2)=N1)OC1CCCCC1. The maximum Gasteiger partial charge on any atom is 0.306 e. The van der Waals surface area contributed by atoms with Crippen LogP contribution < -0.4 is 5.32 Å². The predicted octanol–water partition coefficient (Wildman–Crippen LogP) is 6.69. The number of anilines is 1. The first-order valence-electron chi connectivity index (χ1n) is 12.1. The molecule has 0 radical (unpaired) electrons. The van der Waals surface area contributed by atoms with Crippen molar-refractivity contribution in [1.82, 2.24) is 4.98 Å². The molecule has 0 saturated heterocycles. The molecule has 1 aromatic heterocycles. The summed E-state index contributed by atoms with van der Waals surface area (Å²) in [6, 6.07) is 6.87. The predicted molar refractivity (Wildman–Crippen MR) is 134 cm³/mol. The molecule has 1 aliphatic heterocycles. The molecule has 3 aliphatic rings. The summed E-state index contributed by atoms with van der Waals surface area (Å²) >= 11 is 8.17. The number of H-pyrrole nitrogens is 1. The van der Waals surface area contributed by atoms with Crippen LogP contribution in [0.25, 0.3) is 10.9 Å². The second-order valence-corrected chi connectivity index (χ2v) is 10.9. The zero-order valence-electron chi connectivity index (χ0n) is 18.5. The largest absolute Gasteiger partial charge is 0.462 e. The monoisotopic (exact) mass is 473 g/mol. The highest BCUT2D eigenvalue weighted by atomic mass is 35.5. The molecule has 0 bridgehead atoms. The van der Waals surface area contributed by atoms with Crippen molar-refractivity contribution in [2.45, 2.75) is 88.8 Å². The fourth-order valence-electron chi connectivity index (χ4n) is 5.15. The van der Waals surface area contributed by atoms with E-state index in [1.165, 1.54) is 44.9 Å². The van der Waals surface area contributed by atoms with Crippen LogP contribution in [0, 0.1) is 0 Å². The third-order valence-electron chi connectivity index (χ3n) is 6.88. The van der Waals surface area contributed by atoms with Crippen LogP contribution in [0.2, 0.25) is 5.02 Å². The number of fused-ring (bicyclic) bond motifs is 1. The highest BCUT2D eigenvalue weighted by Crippen LogP contribution is 2.34. The molecule has 1 atom stereocenters. The Balaban J connectivity index is 1.23. The Morgan fingerprint density at radius 3 is 2.72 bits per heavy atom. The molecule has 5 rings (SSSR count). The molecule has 2 fully saturated rings. The fraction of sp³-hybridized carbons (Fsp3) is 0.600. The molecule has 0 amide bonds. The maximum atomic E-state index is 12.2. The highest BCUT2D eigenvalue weighted by molar-refractivity contribution is 8.14. The second kappa shape index (κ2) is 10.1. The summed E-state index contributed by atoms with van der Waals surface area (Å²) in [5.41, 5.74) is 3.21. The van der Waals surface area contributed by atoms with E-state index >= 15 is 0 Å². The van der Waals surface area contributed by atoms with Crippen LogP contribution in [0.5, 0.6) is 0 Å². The summed E-state index contributed by atoms with van der Waals surface area (Å²) in [7, 11) is 0. The molecule has 2 saturated carbocycles. The van der Waals surface area contributed by atoms with Gasteiger partial charge in [0.2, 0.25) is 0 Å². The van der Waals surface area contributed by atoms with Crippen molar-refractivity contribution in [2.24, 2.45) is 4.99 Å². The highest BCUT2D eigenvalue weighted by Gasteiger charge is 2.24. The smallest absolute Gasteiger partial charge is 0.306 e. The van der Waals surface area contributed by atoms with Crippen LogP contribution >= 0.6 is 23.4 Å². The normalized spacial score (nSPS) is 22.4. The van der Waals surface area contributed by atoms with Gasteiger partial charge in [-0.2, -0.15) is 0 Å². The number of esters is 1. The number of ether oxygens (including phenoxy) is 1. The number of rotatable bonds is 7. The molecule has 0 spiro atoms. The zero-order chi connectivity index (χ0) is 21.9. The van der Waals surface area contributed by atoms with Crippen LogP contribution in [0.4, 0.5) is 5.69 Å². The number of nitrogens with zero attached hydrogens (tertiary/aromatic N) is 1. The van der Waals surface area contributed by atoms with Gasteiger partial charge in [0.1, 0.15) is 11.1 Å². The number of carbonyl (C=O) groups excluding carboxylic acids is 1. The number of aliphatic imine (C=N–C) groups is 1. The minimum atomic E-state index is -0.0616. The fourth-order valence-corrected chi connectivity index (χ4v) is 6.46. The Bertz CT molecular complexity index is 992. The maximum absolute atomic E-state index is 12.2. The number of hydrogen-bond donors (Lipinski definition) is 2. The average molecular weight is 474 g/mol. The topological polar surface area (TPSA) is 66.5 Å². The second-order valence-electron chi connectivity index (χ2n) is 9.41. The molecule has 1 aromatic carbocycles. The van der Waals surface area contributed by atoms with Crippen LogP contribution in [0.3, 0.4) is 0 Å². The molecule has 32 heavy (non-hydrogen) atoms. The molecule has 2 aliphatic carbocycles. The zero-order valence-corrected chi connectivity index (χ0v) is 20.1. The van der Waals surface area contributed by atoms with Crippen LogP contribution in [0.1, 0.15) is 76.3 Å². The van der Waals surface area contributed by atoms with Crippen molar-refractivity contribution in [3.8, 4) is 0 Å². The number of carbonyl (C=O) groups is 1. The van der Waals surface area contributed by atoms with Gasteiger partial charge < -0.3 is 15.0 Å². The van der Waals surface area contributed by atoms with Crippen molar-refractivity contribution in [2.75, 3.05) is 11.1 Å². The van der Waals surface area contributed by atoms with E-state index in [1.54, 1.807) is 11.8 Å². The molecule has 7 heteroatoms. The molecule has 2 heterocycles. The summed E-state index contributed by atoms with van der Waals surface area (Å²) in [6.45, 7) is 0. The number of aromatic amines is 1. The Morgan fingerprint density at radius 1 is 1.12 bits per heavy atom. The van der Waals surface area contributed by atoms with Crippen molar-refractivity contribution < 1.29 is 9.53 Å². The van der Waals surface area contributed by atoms with E-state index in [2.05, 4.69) is 16.4 Å². The lowest BCUT2D eigenvalue weighted by molar-refractivity contribution is -0.150. The van der Waals surface area contributed by atoms with Gasteiger partial charge in [-0.05, 0) is 63.1 Å². The Hall–Kier alpha value is -1.66. The molecule has 0 unspecified atom stereocenters. The van der Waals surface area contributed by atoms with Gasteiger partial charge in [-0.1, -0.05) is 30.9 Å². The van der Waals surface area contributed by atoms with Gasteiger partial charge in [0, 0.05) is 28.6 Å². The van der Waals surface area contributed by atoms with E-state index in [4.69, 9.17) is 21.3 Å². The van der Waals surface area contributed by atoms with Gasteiger partial charge in [0.05, 0.1) is 22.9 Å². The molecule has 172 valence electrons. The first-order chi connectivity index (χ1) is 15.6. The molecule has 2 aromatic rings. The molecule has 2 N–H and O–H groups in total. The van der Waals surface area contributed by atoms with Crippen molar-refractivity contribution in [3.63, 3.8) is 0 Å². The number of hydrogen-bond acceptors (Lipinski definition) is 5. The summed E-state index contributed by atoms with van der Waals surface area (Å²) in [5.74, 6) is 0.850. The van der Waals surface area contributed by atoms with Crippen LogP contribution in [0.15, 0.2) is 23.2 Å². The summed E-state index contributed by atoms with van der Waals surface area (Å²) in [6.07, 6.45) is 12.0. The number of benzene rings is 1. The van der Waals surface area contributed by atoms with E-state index in [-0.39, 0.29) is 18.1 Å². The lowest BCUT2D eigenvalue weighted by Crippen LogP contribution is -2.21. The number of halogens is 1. The third-order valence-corrected chi connectivity index (χ3v) is 8.25. The van der Waals surface area contributed by atoms with Crippen LogP contribution in [-0.4, -0.2) is 39.9 Å². The van der Waals surface area contributed by atoms with E-state index in [1.807, 2.05) is 12.1 Å². The lowest BCUT2D eigenvalue weighted by atomic mass is 9.98. The van der Waals surface area contributed by atoms with Gasteiger partial charge in [-0.3, -0.25) is 9.79 Å². The van der Waals surface area contributed by atoms with Gasteiger partial charge in [-0.25, -0.2) is 0 Å². The van der Waals surface area contributed by atoms with Crippen molar-refractivity contribution >= 4 is 51.0 Å². The van der Waals surface area contributed by atoms with Gasteiger partial charge in [0.25, 0.3) is 0 Å². The van der Waals surface area contributed by atoms with Crippen LogP contribution in [-0.2, 0) is 9.53 Å². The minimum Gasteiger partial charge on any atom is -0.462 e. The molecule has 5 nitrogen and oxygen atoms in total. The van der Waals surface area contributed by atoms with E-state index in [9.17, 15) is 4.79 Å². The first kappa shape index (κ1) is 22.1. The Labute approximate surface area is 199 Å². The summed E-state index contributed by atoms with van der Waals surface area (Å²) in [4.78, 5) is 20.7. The number of nitrogens with one attached hydrogen (secondary N) is 2. The Kier molecular flexibility index (Phi) is 6.98. The molecular weight excluding hydrogens is 442 g/mol. The van der Waals surface area contributed by atoms with E-state index in [0.717, 1.165) is 57.4 Å².